The van der Waals surface area contributed by atoms with Crippen molar-refractivity contribution in [1.82, 2.24) is 0 Å². The maximum Gasteiger partial charge on any atom is 0.101 e. The predicted molar refractivity (Wildman–Crippen MR) is 74.0 cm³/mol. The number of nitrogens with one attached hydrogen (secondary N) is 1. The number of nitrogen functional groups attached to an aromatic ring is 1. The molecule has 0 saturated carbocycles. The lowest BCUT2D eigenvalue weighted by atomic mass is 10.1. The second kappa shape index (κ2) is 5.24. The van der Waals surface area contributed by atoms with Crippen molar-refractivity contribution in [2.75, 3.05) is 11.1 Å². The molecule has 0 radical (unpaired) electrons. The van der Waals surface area contributed by atoms with Gasteiger partial charge in [-0.1, -0.05) is 30.3 Å². The van der Waals surface area contributed by atoms with Gasteiger partial charge in [0, 0.05) is 5.69 Å². The Hall–Kier alpha value is -2.47. The van der Waals surface area contributed by atoms with E-state index in [0.29, 0.717) is 5.56 Å². The van der Waals surface area contributed by atoms with E-state index in [1.807, 2.05) is 49.4 Å². The number of hydrogen-bond acceptors (Lipinski definition) is 3. The first kappa shape index (κ1) is 12.0. The molecule has 0 heterocycles. The average molecular weight is 237 g/mol. The lowest BCUT2D eigenvalue weighted by molar-refractivity contribution is 0.887. The Morgan fingerprint density at radius 3 is 2.50 bits per heavy atom. The third-order valence-corrected chi connectivity index (χ3v) is 2.88. The van der Waals surface area contributed by atoms with E-state index < -0.39 is 0 Å². The molecule has 90 valence electrons. The van der Waals surface area contributed by atoms with Crippen LogP contribution in [0.3, 0.4) is 0 Å². The van der Waals surface area contributed by atoms with Crippen molar-refractivity contribution in [3.8, 4) is 6.07 Å². The molecule has 0 saturated heterocycles. The lowest BCUT2D eigenvalue weighted by Crippen LogP contribution is -2.09. The van der Waals surface area contributed by atoms with E-state index in [1.54, 1.807) is 6.07 Å². The van der Waals surface area contributed by atoms with Crippen LogP contribution in [0.25, 0.3) is 0 Å². The molecule has 0 aliphatic heterocycles. The molecule has 0 aromatic heterocycles. The van der Waals surface area contributed by atoms with Crippen molar-refractivity contribution < 1.29 is 0 Å². The first-order chi connectivity index (χ1) is 8.72. The number of hydrogen-bond donors (Lipinski definition) is 2. The first-order valence-electron chi connectivity index (χ1n) is 5.82. The maximum absolute atomic E-state index is 9.04. The van der Waals surface area contributed by atoms with Crippen molar-refractivity contribution in [3.05, 3.63) is 59.7 Å². The number of benzene rings is 2. The van der Waals surface area contributed by atoms with E-state index in [1.165, 1.54) is 0 Å². The number of rotatable bonds is 3. The smallest absolute Gasteiger partial charge is 0.101 e. The highest BCUT2D eigenvalue weighted by molar-refractivity contribution is 5.59. The van der Waals surface area contributed by atoms with Crippen molar-refractivity contribution in [1.29, 1.82) is 5.26 Å². The molecule has 0 spiro atoms. The molecule has 2 aromatic rings. The number of para-hydroxylation sites is 2. The Kier molecular flexibility index (Phi) is 3.49. The SMILES string of the molecule is CC(Nc1ccccc1C#N)c1ccccc1N. The predicted octanol–water partition coefficient (Wildman–Crippen LogP) is 3.31. The third kappa shape index (κ3) is 2.44. The highest BCUT2D eigenvalue weighted by Gasteiger charge is 2.09. The molecule has 1 atom stereocenters. The van der Waals surface area contributed by atoms with Gasteiger partial charge < -0.3 is 11.1 Å². The molecule has 3 N–H and O–H groups in total. The van der Waals surface area contributed by atoms with E-state index in [2.05, 4.69) is 11.4 Å². The molecule has 1 unspecified atom stereocenters. The van der Waals surface area contributed by atoms with Crippen LogP contribution in [0.5, 0.6) is 0 Å². The molecule has 3 nitrogen and oxygen atoms in total. The molecule has 0 amide bonds. The topological polar surface area (TPSA) is 61.8 Å². The zero-order valence-corrected chi connectivity index (χ0v) is 10.2. The van der Waals surface area contributed by atoms with Gasteiger partial charge in [-0.2, -0.15) is 5.26 Å². The highest BCUT2D eigenvalue weighted by Crippen LogP contribution is 2.25. The van der Waals surface area contributed by atoms with Gasteiger partial charge in [0.05, 0.1) is 17.3 Å². The van der Waals surface area contributed by atoms with E-state index in [4.69, 9.17) is 11.0 Å². The molecule has 0 fully saturated rings. The van der Waals surface area contributed by atoms with Crippen LogP contribution in [0.2, 0.25) is 0 Å². The fourth-order valence-corrected chi connectivity index (χ4v) is 1.92. The van der Waals surface area contributed by atoms with Crippen LogP contribution < -0.4 is 11.1 Å². The summed E-state index contributed by atoms with van der Waals surface area (Å²) < 4.78 is 0. The van der Waals surface area contributed by atoms with Crippen LogP contribution in [-0.2, 0) is 0 Å². The molecule has 2 aromatic carbocycles. The summed E-state index contributed by atoms with van der Waals surface area (Å²) in [5.41, 5.74) is 9.20. The minimum Gasteiger partial charge on any atom is -0.398 e. The van der Waals surface area contributed by atoms with Gasteiger partial charge in [-0.3, -0.25) is 0 Å². The van der Waals surface area contributed by atoms with Gasteiger partial charge in [0.15, 0.2) is 0 Å². The number of nitriles is 1. The zero-order chi connectivity index (χ0) is 13.0. The summed E-state index contributed by atoms with van der Waals surface area (Å²) in [5.74, 6) is 0. The Balaban J connectivity index is 2.25. The van der Waals surface area contributed by atoms with Crippen LogP contribution in [0.15, 0.2) is 48.5 Å². The standard InChI is InChI=1S/C15H15N3/c1-11(13-7-3-4-8-14(13)17)18-15-9-5-2-6-12(15)10-16/h2-9,11,18H,17H2,1H3. The normalized spacial score (nSPS) is 11.6. The Morgan fingerprint density at radius 1 is 1.11 bits per heavy atom. The summed E-state index contributed by atoms with van der Waals surface area (Å²) in [6, 6.07) is 17.4. The van der Waals surface area contributed by atoms with Crippen LogP contribution in [-0.4, -0.2) is 0 Å². The van der Waals surface area contributed by atoms with Crippen LogP contribution in [0.1, 0.15) is 24.1 Å². The van der Waals surface area contributed by atoms with Crippen molar-refractivity contribution >= 4 is 11.4 Å². The number of anilines is 2. The van der Waals surface area contributed by atoms with Gasteiger partial charge in [0.25, 0.3) is 0 Å². The fraction of sp³-hybridized carbons (Fsp3) is 0.133. The van der Waals surface area contributed by atoms with Gasteiger partial charge >= 0.3 is 0 Å². The third-order valence-electron chi connectivity index (χ3n) is 2.88. The first-order valence-corrected chi connectivity index (χ1v) is 5.82. The van der Waals surface area contributed by atoms with Crippen molar-refractivity contribution in [3.63, 3.8) is 0 Å². The fourth-order valence-electron chi connectivity index (χ4n) is 1.92. The molecular formula is C15H15N3. The second-order valence-electron chi connectivity index (χ2n) is 4.15. The van der Waals surface area contributed by atoms with Crippen LogP contribution >= 0.6 is 0 Å². The largest absolute Gasteiger partial charge is 0.398 e. The molecule has 3 heteroatoms. The summed E-state index contributed by atoms with van der Waals surface area (Å²) in [6.45, 7) is 2.03. The van der Waals surface area contributed by atoms with Gasteiger partial charge in [-0.25, -0.2) is 0 Å². The number of nitrogens with two attached hydrogens (primary N) is 1. The molecule has 0 aliphatic carbocycles. The summed E-state index contributed by atoms with van der Waals surface area (Å²) in [7, 11) is 0. The van der Waals surface area contributed by atoms with Crippen LogP contribution in [0, 0.1) is 11.3 Å². The van der Waals surface area contributed by atoms with E-state index in [0.717, 1.165) is 16.9 Å². The zero-order valence-electron chi connectivity index (χ0n) is 10.2. The molecule has 0 aliphatic rings. The van der Waals surface area contributed by atoms with Gasteiger partial charge in [0.1, 0.15) is 6.07 Å². The molecule has 18 heavy (non-hydrogen) atoms. The summed E-state index contributed by atoms with van der Waals surface area (Å²) in [5, 5.41) is 12.4. The lowest BCUT2D eigenvalue weighted by Gasteiger charge is -2.18. The van der Waals surface area contributed by atoms with Crippen molar-refractivity contribution in [2.45, 2.75) is 13.0 Å². The minimum atomic E-state index is 0.0562. The average Bonchev–Trinajstić information content (AvgIpc) is 2.39. The summed E-state index contributed by atoms with van der Waals surface area (Å²) >= 11 is 0. The molecule has 0 bridgehead atoms. The highest BCUT2D eigenvalue weighted by atomic mass is 14.9. The van der Waals surface area contributed by atoms with Gasteiger partial charge in [-0.15, -0.1) is 0 Å². The summed E-state index contributed by atoms with van der Waals surface area (Å²) in [6.07, 6.45) is 0. The second-order valence-corrected chi connectivity index (χ2v) is 4.15. The van der Waals surface area contributed by atoms with Crippen LogP contribution in [0.4, 0.5) is 11.4 Å². The maximum atomic E-state index is 9.04. The van der Waals surface area contributed by atoms with E-state index in [9.17, 15) is 0 Å². The Labute approximate surface area is 107 Å². The van der Waals surface area contributed by atoms with Gasteiger partial charge in [-0.05, 0) is 30.7 Å². The van der Waals surface area contributed by atoms with E-state index >= 15 is 0 Å². The van der Waals surface area contributed by atoms with E-state index in [-0.39, 0.29) is 6.04 Å². The Morgan fingerprint density at radius 2 is 1.78 bits per heavy atom. The molecular weight excluding hydrogens is 222 g/mol. The summed E-state index contributed by atoms with van der Waals surface area (Å²) in [4.78, 5) is 0. The minimum absolute atomic E-state index is 0.0562. The monoisotopic (exact) mass is 237 g/mol. The Bertz CT molecular complexity index is 584. The number of nitrogens with zero attached hydrogens (tertiary/aromatic N) is 1. The quantitative estimate of drug-likeness (QED) is 0.805. The van der Waals surface area contributed by atoms with Crippen molar-refractivity contribution in [2.24, 2.45) is 0 Å². The van der Waals surface area contributed by atoms with Gasteiger partial charge in [0.2, 0.25) is 0 Å². The molecule has 2 rings (SSSR count).